The highest BCUT2D eigenvalue weighted by atomic mass is 16.1. The summed E-state index contributed by atoms with van der Waals surface area (Å²) in [7, 11) is 0. The molecule has 0 atom stereocenters. The number of nitrogens with zero attached hydrogens (tertiary/aromatic N) is 1. The molecule has 0 aliphatic carbocycles. The van der Waals surface area contributed by atoms with E-state index in [0.717, 1.165) is 30.5 Å². The van der Waals surface area contributed by atoms with Crippen LogP contribution < -0.4 is 5.56 Å². The zero-order chi connectivity index (χ0) is 12.0. The number of hydrogen-bond acceptors (Lipinski definition) is 2. The molecule has 1 N–H and O–H groups in total. The van der Waals surface area contributed by atoms with Crippen molar-refractivity contribution >= 4 is 0 Å². The van der Waals surface area contributed by atoms with Crippen LogP contribution in [0.25, 0.3) is 0 Å². The lowest BCUT2D eigenvalue weighted by Gasteiger charge is -2.05. The van der Waals surface area contributed by atoms with Crippen molar-refractivity contribution in [2.24, 2.45) is 5.92 Å². The molecule has 1 aromatic rings. The topological polar surface area (TPSA) is 45.8 Å². The predicted octanol–water partition coefficient (Wildman–Crippen LogP) is 2.70. The first-order chi connectivity index (χ1) is 7.63. The Morgan fingerprint density at radius 3 is 2.75 bits per heavy atom. The molecule has 1 heterocycles. The normalized spacial score (nSPS) is 11.0. The maximum absolute atomic E-state index is 11.5. The summed E-state index contributed by atoms with van der Waals surface area (Å²) in [6.07, 6.45) is 5.38. The minimum absolute atomic E-state index is 0.0343. The van der Waals surface area contributed by atoms with Gasteiger partial charge < -0.3 is 0 Å². The van der Waals surface area contributed by atoms with Gasteiger partial charge >= 0.3 is 0 Å². The second-order valence-electron chi connectivity index (χ2n) is 4.77. The van der Waals surface area contributed by atoms with Crippen LogP contribution >= 0.6 is 0 Å². The molecule has 1 rings (SSSR count). The fourth-order valence-electron chi connectivity index (χ4n) is 1.77. The van der Waals surface area contributed by atoms with Gasteiger partial charge in [0.1, 0.15) is 0 Å². The average Bonchev–Trinajstić information content (AvgIpc) is 2.22. The van der Waals surface area contributed by atoms with E-state index in [4.69, 9.17) is 0 Å². The third-order valence-corrected chi connectivity index (χ3v) is 2.60. The number of hydrogen-bond donors (Lipinski definition) is 1. The molecular weight excluding hydrogens is 200 g/mol. The van der Waals surface area contributed by atoms with E-state index >= 15 is 0 Å². The largest absolute Gasteiger partial charge is 0.268 e. The molecule has 1 aromatic heterocycles. The highest BCUT2D eigenvalue weighted by molar-refractivity contribution is 5.13. The summed E-state index contributed by atoms with van der Waals surface area (Å²) in [4.78, 5) is 11.5. The molecule has 3 nitrogen and oxygen atoms in total. The Morgan fingerprint density at radius 2 is 2.12 bits per heavy atom. The van der Waals surface area contributed by atoms with Gasteiger partial charge in [-0.2, -0.15) is 5.10 Å². The Hall–Kier alpha value is -1.12. The van der Waals surface area contributed by atoms with E-state index in [9.17, 15) is 4.79 Å². The smallest absolute Gasteiger partial charge is 0.267 e. The third-order valence-electron chi connectivity index (χ3n) is 2.60. The Kier molecular flexibility index (Phi) is 5.23. The van der Waals surface area contributed by atoms with Crippen LogP contribution in [0.2, 0.25) is 0 Å². The Bertz CT molecular complexity index is 368. The first kappa shape index (κ1) is 12.9. The average molecular weight is 222 g/mol. The molecule has 0 radical (unpaired) electrons. The fourth-order valence-corrected chi connectivity index (χ4v) is 1.77. The summed E-state index contributed by atoms with van der Waals surface area (Å²) in [6, 6.07) is 1.97. The number of unbranched alkanes of at least 4 members (excludes halogenated alkanes) is 2. The number of aryl methyl sites for hydroxylation is 1. The summed E-state index contributed by atoms with van der Waals surface area (Å²) >= 11 is 0. The summed E-state index contributed by atoms with van der Waals surface area (Å²) in [5.74, 6) is 0.506. The number of aromatic nitrogens is 2. The highest BCUT2D eigenvalue weighted by Crippen LogP contribution is 2.07. The number of aromatic amines is 1. The van der Waals surface area contributed by atoms with Crippen LogP contribution in [0, 0.1) is 5.92 Å². The van der Waals surface area contributed by atoms with Crippen LogP contribution in [0.4, 0.5) is 0 Å². The molecule has 0 amide bonds. The molecule has 0 unspecified atom stereocenters. The highest BCUT2D eigenvalue weighted by Gasteiger charge is 2.05. The van der Waals surface area contributed by atoms with Crippen LogP contribution in [0.15, 0.2) is 10.9 Å². The van der Waals surface area contributed by atoms with Gasteiger partial charge in [-0.05, 0) is 31.2 Å². The Labute approximate surface area is 97.3 Å². The molecule has 3 heteroatoms. The summed E-state index contributed by atoms with van der Waals surface area (Å²) < 4.78 is 0. The second kappa shape index (κ2) is 6.46. The van der Waals surface area contributed by atoms with Gasteiger partial charge in [0, 0.05) is 5.56 Å². The van der Waals surface area contributed by atoms with Crippen molar-refractivity contribution in [3.05, 3.63) is 27.7 Å². The molecule has 0 aliphatic rings. The van der Waals surface area contributed by atoms with Gasteiger partial charge in [-0.1, -0.05) is 33.6 Å². The lowest BCUT2D eigenvalue weighted by atomic mass is 10.0. The van der Waals surface area contributed by atoms with E-state index in [1.807, 2.05) is 6.07 Å². The zero-order valence-electron chi connectivity index (χ0n) is 10.5. The summed E-state index contributed by atoms with van der Waals surface area (Å²) in [5.41, 5.74) is 1.85. The molecule has 0 saturated carbocycles. The number of rotatable bonds is 6. The maximum Gasteiger partial charge on any atom is 0.267 e. The first-order valence-electron chi connectivity index (χ1n) is 6.21. The number of nitrogens with one attached hydrogen (secondary N) is 1. The van der Waals surface area contributed by atoms with E-state index in [2.05, 4.69) is 31.0 Å². The third kappa shape index (κ3) is 4.17. The van der Waals surface area contributed by atoms with E-state index in [1.54, 1.807) is 0 Å². The minimum Gasteiger partial charge on any atom is -0.268 e. The predicted molar refractivity (Wildman–Crippen MR) is 66.6 cm³/mol. The summed E-state index contributed by atoms with van der Waals surface area (Å²) in [6.45, 7) is 6.43. The fraction of sp³-hybridized carbons (Fsp3) is 0.692. The molecule has 0 bridgehead atoms. The molecule has 0 aromatic carbocycles. The SMILES string of the molecule is CCCCCc1cc(CC(C)C)c(=O)[nH]n1. The van der Waals surface area contributed by atoms with Crippen molar-refractivity contribution in [2.75, 3.05) is 0 Å². The van der Waals surface area contributed by atoms with E-state index in [0.29, 0.717) is 5.92 Å². The quantitative estimate of drug-likeness (QED) is 0.752. The second-order valence-corrected chi connectivity index (χ2v) is 4.77. The number of H-pyrrole nitrogens is 1. The molecule has 0 saturated heterocycles. The van der Waals surface area contributed by atoms with Gasteiger partial charge in [0.25, 0.3) is 5.56 Å². The molecule has 0 fully saturated rings. The van der Waals surface area contributed by atoms with Gasteiger partial charge in [0.2, 0.25) is 0 Å². The van der Waals surface area contributed by atoms with Crippen LogP contribution in [-0.2, 0) is 12.8 Å². The van der Waals surface area contributed by atoms with Crippen molar-refractivity contribution in [3.63, 3.8) is 0 Å². The van der Waals surface area contributed by atoms with E-state index < -0.39 is 0 Å². The summed E-state index contributed by atoms with van der Waals surface area (Å²) in [5, 5.41) is 6.68. The lowest BCUT2D eigenvalue weighted by Crippen LogP contribution is -2.17. The van der Waals surface area contributed by atoms with Gasteiger partial charge in [-0.3, -0.25) is 4.79 Å². The molecule has 90 valence electrons. The van der Waals surface area contributed by atoms with Crippen LogP contribution in [0.1, 0.15) is 51.3 Å². The Morgan fingerprint density at radius 1 is 1.38 bits per heavy atom. The van der Waals surface area contributed by atoms with Crippen LogP contribution in [-0.4, -0.2) is 10.2 Å². The van der Waals surface area contributed by atoms with Crippen LogP contribution in [0.5, 0.6) is 0 Å². The van der Waals surface area contributed by atoms with Crippen molar-refractivity contribution in [3.8, 4) is 0 Å². The molecule has 0 spiro atoms. The maximum atomic E-state index is 11.5. The van der Waals surface area contributed by atoms with Crippen molar-refractivity contribution in [1.82, 2.24) is 10.2 Å². The van der Waals surface area contributed by atoms with Gasteiger partial charge in [0.05, 0.1) is 5.69 Å². The molecule has 16 heavy (non-hydrogen) atoms. The lowest BCUT2D eigenvalue weighted by molar-refractivity contribution is 0.634. The first-order valence-corrected chi connectivity index (χ1v) is 6.21. The van der Waals surface area contributed by atoms with E-state index in [1.165, 1.54) is 12.8 Å². The van der Waals surface area contributed by atoms with Crippen molar-refractivity contribution in [1.29, 1.82) is 0 Å². The monoisotopic (exact) mass is 222 g/mol. The Balaban J connectivity index is 2.69. The van der Waals surface area contributed by atoms with Gasteiger partial charge in [-0.25, -0.2) is 5.10 Å². The standard InChI is InChI=1S/C13H22N2O/c1-4-5-6-7-12-9-11(8-10(2)3)13(16)15-14-12/h9-10H,4-8H2,1-3H3,(H,15,16). The zero-order valence-corrected chi connectivity index (χ0v) is 10.5. The molecular formula is C13H22N2O. The van der Waals surface area contributed by atoms with Crippen LogP contribution in [0.3, 0.4) is 0 Å². The van der Waals surface area contributed by atoms with Gasteiger partial charge in [-0.15, -0.1) is 0 Å². The minimum atomic E-state index is -0.0343. The van der Waals surface area contributed by atoms with Gasteiger partial charge in [0.15, 0.2) is 0 Å². The van der Waals surface area contributed by atoms with Crippen molar-refractivity contribution < 1.29 is 0 Å². The van der Waals surface area contributed by atoms with E-state index in [-0.39, 0.29) is 5.56 Å². The molecule has 0 aliphatic heterocycles. The van der Waals surface area contributed by atoms with Crippen molar-refractivity contribution in [2.45, 2.75) is 52.9 Å².